The molecule has 96 valence electrons. The molecule has 18 heavy (non-hydrogen) atoms. The Hall–Kier alpha value is -2.47. The van der Waals surface area contributed by atoms with Crippen LogP contribution >= 0.6 is 0 Å². The van der Waals surface area contributed by atoms with Crippen molar-refractivity contribution in [3.05, 3.63) is 47.3 Å². The summed E-state index contributed by atoms with van der Waals surface area (Å²) >= 11 is 0. The summed E-state index contributed by atoms with van der Waals surface area (Å²) < 4.78 is 5.02. The number of benzene rings is 1. The molecule has 1 aromatic rings. The number of nitrogens with two attached hydrogens (primary N) is 2. The van der Waals surface area contributed by atoms with Gasteiger partial charge >= 0.3 is 5.97 Å². The van der Waals surface area contributed by atoms with E-state index in [-0.39, 0.29) is 11.4 Å². The predicted octanol–water partition coefficient (Wildman–Crippen LogP) is 0.427. The molecular weight excluding hydrogens is 234 g/mol. The van der Waals surface area contributed by atoms with Crippen LogP contribution in [0, 0.1) is 0 Å². The topological polar surface area (TPSA) is 111 Å². The Kier molecular flexibility index (Phi) is 4.77. The fourth-order valence-electron chi connectivity index (χ4n) is 1.23. The number of hydrazine groups is 1. The molecule has 0 radical (unpaired) electrons. The van der Waals surface area contributed by atoms with Gasteiger partial charge in [0, 0.05) is 0 Å². The Labute approximate surface area is 105 Å². The zero-order valence-corrected chi connectivity index (χ0v) is 9.88. The van der Waals surface area contributed by atoms with E-state index in [2.05, 4.69) is 5.43 Å². The van der Waals surface area contributed by atoms with Crippen molar-refractivity contribution in [3.8, 4) is 5.75 Å². The first kappa shape index (κ1) is 13.6. The van der Waals surface area contributed by atoms with Crippen molar-refractivity contribution >= 4 is 12.0 Å². The first-order valence-corrected chi connectivity index (χ1v) is 5.10. The Balaban J connectivity index is 2.90. The number of hydrogen-bond acceptors (Lipinski definition) is 5. The van der Waals surface area contributed by atoms with Gasteiger partial charge in [-0.3, -0.25) is 5.84 Å². The van der Waals surface area contributed by atoms with Crippen LogP contribution in [0.15, 0.2) is 41.7 Å². The van der Waals surface area contributed by atoms with Crippen molar-refractivity contribution in [2.45, 2.75) is 0 Å². The Morgan fingerprint density at radius 3 is 2.44 bits per heavy atom. The second kappa shape index (κ2) is 6.31. The first-order valence-electron chi connectivity index (χ1n) is 5.10. The van der Waals surface area contributed by atoms with Gasteiger partial charge in [-0.1, -0.05) is 18.2 Å². The molecule has 0 aliphatic heterocycles. The highest BCUT2D eigenvalue weighted by atomic mass is 16.5. The van der Waals surface area contributed by atoms with Crippen molar-refractivity contribution in [1.82, 2.24) is 5.43 Å². The Bertz CT molecular complexity index is 478. The third-order valence-corrected chi connectivity index (χ3v) is 2.23. The van der Waals surface area contributed by atoms with Gasteiger partial charge in [0.25, 0.3) is 0 Å². The normalized spacial score (nSPS) is 12.1. The van der Waals surface area contributed by atoms with Crippen molar-refractivity contribution in [1.29, 1.82) is 0 Å². The molecular formula is C12H15N3O3. The van der Waals surface area contributed by atoms with E-state index < -0.39 is 5.97 Å². The predicted molar refractivity (Wildman–Crippen MR) is 68.2 cm³/mol. The van der Waals surface area contributed by atoms with Gasteiger partial charge in [0.1, 0.15) is 11.4 Å². The lowest BCUT2D eigenvalue weighted by atomic mass is 10.2. The minimum absolute atomic E-state index is 0.137. The number of hydrogen-bond donors (Lipinski definition) is 4. The van der Waals surface area contributed by atoms with E-state index >= 15 is 0 Å². The van der Waals surface area contributed by atoms with Crippen LogP contribution < -0.4 is 21.7 Å². The molecule has 0 unspecified atom stereocenters. The lowest BCUT2D eigenvalue weighted by Gasteiger charge is -2.03. The summed E-state index contributed by atoms with van der Waals surface area (Å²) in [5.41, 5.74) is 8.24. The van der Waals surface area contributed by atoms with Gasteiger partial charge in [0.2, 0.25) is 0 Å². The standard InChI is InChI=1S/C12H15N3O3/c1-18-9-5-2-8(3-6-9)4-7-10(15-14)11(13)12(16)17/h2-7,15H,13-14H2,1H3,(H,16,17)/b7-4+,11-10-. The van der Waals surface area contributed by atoms with E-state index in [4.69, 9.17) is 21.4 Å². The number of ether oxygens (including phenoxy) is 1. The fraction of sp³-hybridized carbons (Fsp3) is 0.0833. The lowest BCUT2D eigenvalue weighted by Crippen LogP contribution is -2.26. The summed E-state index contributed by atoms with van der Waals surface area (Å²) in [5.74, 6) is 4.71. The zero-order valence-electron chi connectivity index (χ0n) is 9.88. The van der Waals surface area contributed by atoms with Gasteiger partial charge in [0.15, 0.2) is 0 Å². The summed E-state index contributed by atoms with van der Waals surface area (Å²) in [4.78, 5) is 10.7. The van der Waals surface area contributed by atoms with Crippen molar-refractivity contribution in [2.24, 2.45) is 11.6 Å². The minimum Gasteiger partial charge on any atom is -0.497 e. The molecule has 0 aliphatic carbocycles. The van der Waals surface area contributed by atoms with E-state index in [1.165, 1.54) is 6.08 Å². The van der Waals surface area contributed by atoms with Crippen LogP contribution in [0.2, 0.25) is 0 Å². The molecule has 0 fully saturated rings. The van der Waals surface area contributed by atoms with Crippen LogP contribution in [0.1, 0.15) is 5.56 Å². The van der Waals surface area contributed by atoms with Crippen LogP contribution in [0.3, 0.4) is 0 Å². The van der Waals surface area contributed by atoms with Gasteiger partial charge in [-0.05, 0) is 23.8 Å². The fourth-order valence-corrected chi connectivity index (χ4v) is 1.23. The lowest BCUT2D eigenvalue weighted by molar-refractivity contribution is -0.132. The molecule has 1 aromatic carbocycles. The third kappa shape index (κ3) is 3.53. The first-order chi connectivity index (χ1) is 8.58. The molecule has 0 aromatic heterocycles. The maximum atomic E-state index is 10.7. The number of carboxylic acid groups (broad SMARTS) is 1. The molecule has 0 bridgehead atoms. The maximum absolute atomic E-state index is 10.7. The van der Waals surface area contributed by atoms with Crippen LogP contribution in [0.25, 0.3) is 6.08 Å². The molecule has 0 spiro atoms. The number of methoxy groups -OCH3 is 1. The SMILES string of the molecule is COc1ccc(/C=C/C(NN)=C(/N)C(=O)O)cc1. The largest absolute Gasteiger partial charge is 0.497 e. The number of carbonyl (C=O) groups is 1. The Morgan fingerprint density at radius 2 is 2.00 bits per heavy atom. The Morgan fingerprint density at radius 1 is 1.39 bits per heavy atom. The summed E-state index contributed by atoms with van der Waals surface area (Å²) in [6.45, 7) is 0. The third-order valence-electron chi connectivity index (χ3n) is 2.23. The minimum atomic E-state index is -1.23. The molecule has 0 amide bonds. The summed E-state index contributed by atoms with van der Waals surface area (Å²) in [6, 6.07) is 7.22. The number of aliphatic carboxylic acids is 1. The molecule has 6 nitrogen and oxygen atoms in total. The van der Waals surface area contributed by atoms with Crippen molar-refractivity contribution < 1.29 is 14.6 Å². The molecule has 6 heteroatoms. The summed E-state index contributed by atoms with van der Waals surface area (Å²) in [6.07, 6.45) is 3.18. The van der Waals surface area contributed by atoms with Gasteiger partial charge in [0.05, 0.1) is 12.8 Å². The maximum Gasteiger partial charge on any atom is 0.353 e. The highest BCUT2D eigenvalue weighted by molar-refractivity contribution is 5.87. The van der Waals surface area contributed by atoms with Gasteiger partial charge in [-0.25, -0.2) is 4.79 Å². The summed E-state index contributed by atoms with van der Waals surface area (Å²) in [7, 11) is 1.58. The van der Waals surface area contributed by atoms with Crippen molar-refractivity contribution in [3.63, 3.8) is 0 Å². The van der Waals surface area contributed by atoms with E-state index in [1.54, 1.807) is 25.3 Å². The van der Waals surface area contributed by atoms with Crippen LogP contribution in [0.5, 0.6) is 5.75 Å². The quantitative estimate of drug-likeness (QED) is 0.260. The van der Waals surface area contributed by atoms with Gasteiger partial charge in [-0.15, -0.1) is 0 Å². The molecule has 1 rings (SSSR count). The molecule has 6 N–H and O–H groups in total. The van der Waals surface area contributed by atoms with Crippen molar-refractivity contribution in [2.75, 3.05) is 7.11 Å². The van der Waals surface area contributed by atoms with E-state index in [1.807, 2.05) is 12.1 Å². The smallest absolute Gasteiger partial charge is 0.353 e. The average molecular weight is 249 g/mol. The second-order valence-corrected chi connectivity index (χ2v) is 3.38. The highest BCUT2D eigenvalue weighted by Gasteiger charge is 2.06. The van der Waals surface area contributed by atoms with Crippen LogP contribution in [-0.4, -0.2) is 18.2 Å². The molecule has 0 saturated carbocycles. The van der Waals surface area contributed by atoms with E-state index in [0.29, 0.717) is 0 Å². The average Bonchev–Trinajstić information content (AvgIpc) is 2.39. The number of allylic oxidation sites excluding steroid dienone is 1. The molecule has 0 heterocycles. The van der Waals surface area contributed by atoms with E-state index in [0.717, 1.165) is 11.3 Å². The van der Waals surface area contributed by atoms with Crippen LogP contribution in [-0.2, 0) is 4.79 Å². The number of carboxylic acids is 1. The molecule has 0 aliphatic rings. The summed E-state index contributed by atoms with van der Waals surface area (Å²) in [5, 5.41) is 8.72. The molecule has 0 saturated heterocycles. The number of nitrogens with one attached hydrogen (secondary N) is 1. The van der Waals surface area contributed by atoms with Gasteiger partial charge in [-0.2, -0.15) is 0 Å². The number of rotatable bonds is 5. The van der Waals surface area contributed by atoms with E-state index in [9.17, 15) is 4.79 Å². The zero-order chi connectivity index (χ0) is 13.5. The van der Waals surface area contributed by atoms with Gasteiger partial charge < -0.3 is 21.0 Å². The monoisotopic (exact) mass is 249 g/mol. The second-order valence-electron chi connectivity index (χ2n) is 3.38. The molecule has 0 atom stereocenters. The highest BCUT2D eigenvalue weighted by Crippen LogP contribution is 2.13. The van der Waals surface area contributed by atoms with Crippen LogP contribution in [0.4, 0.5) is 0 Å².